The molecular weight excluding hydrogens is 316 g/mol. The Morgan fingerprint density at radius 2 is 1.75 bits per heavy atom. The molecule has 0 spiro atoms. The van der Waals surface area contributed by atoms with Crippen LogP contribution in [-0.2, 0) is 6.18 Å². The molecule has 0 atom stereocenters. The third kappa shape index (κ3) is 3.11. The number of hydrogen-bond donors (Lipinski definition) is 1. The highest BCUT2D eigenvalue weighted by molar-refractivity contribution is 6.35. The Hall–Kier alpha value is -1.59. The van der Waals surface area contributed by atoms with Crippen molar-refractivity contribution in [3.8, 4) is 17.2 Å². The topological polar surface area (TPSA) is 29.5 Å². The van der Waals surface area contributed by atoms with E-state index >= 15 is 0 Å². The maximum absolute atomic E-state index is 12.9. The highest BCUT2D eigenvalue weighted by Gasteiger charge is 2.36. The standard InChI is InChI=1S/C13H7Cl2F3O2/c14-7-4-5-11(9(15)6-7)20-12-8(13(16,17)18)2-1-3-10(12)19/h1-6,19H. The summed E-state index contributed by atoms with van der Waals surface area (Å²) in [5.74, 6) is -1.38. The normalized spacial score (nSPS) is 11.4. The van der Waals surface area contributed by atoms with E-state index in [1.54, 1.807) is 0 Å². The van der Waals surface area contributed by atoms with Crippen LogP contribution in [0.4, 0.5) is 13.2 Å². The number of alkyl halides is 3. The molecule has 7 heteroatoms. The summed E-state index contributed by atoms with van der Waals surface area (Å²) in [6.07, 6.45) is -4.66. The lowest BCUT2D eigenvalue weighted by Gasteiger charge is -2.15. The van der Waals surface area contributed by atoms with Gasteiger partial charge < -0.3 is 9.84 Å². The van der Waals surface area contributed by atoms with Gasteiger partial charge in [-0.3, -0.25) is 0 Å². The van der Waals surface area contributed by atoms with E-state index in [0.29, 0.717) is 5.02 Å². The van der Waals surface area contributed by atoms with Gasteiger partial charge in [-0.1, -0.05) is 29.3 Å². The van der Waals surface area contributed by atoms with Crippen LogP contribution in [0.25, 0.3) is 0 Å². The number of phenols is 1. The predicted octanol–water partition coefficient (Wildman–Crippen LogP) is 5.51. The van der Waals surface area contributed by atoms with Gasteiger partial charge in [-0.15, -0.1) is 0 Å². The van der Waals surface area contributed by atoms with Gasteiger partial charge in [0.05, 0.1) is 5.02 Å². The summed E-state index contributed by atoms with van der Waals surface area (Å²) >= 11 is 11.5. The molecule has 0 fully saturated rings. The molecule has 0 saturated heterocycles. The van der Waals surface area contributed by atoms with E-state index in [2.05, 4.69) is 0 Å². The first kappa shape index (κ1) is 14.8. The van der Waals surface area contributed by atoms with Crippen LogP contribution in [0.5, 0.6) is 17.2 Å². The van der Waals surface area contributed by atoms with Gasteiger partial charge in [0.15, 0.2) is 11.5 Å². The molecule has 2 rings (SSSR count). The van der Waals surface area contributed by atoms with Crippen molar-refractivity contribution in [2.45, 2.75) is 6.18 Å². The van der Waals surface area contributed by atoms with Gasteiger partial charge in [0.1, 0.15) is 11.3 Å². The largest absolute Gasteiger partial charge is 0.504 e. The molecule has 0 amide bonds. The van der Waals surface area contributed by atoms with Crippen LogP contribution >= 0.6 is 23.2 Å². The Kier molecular flexibility index (Phi) is 4.01. The minimum atomic E-state index is -4.66. The zero-order valence-electron chi connectivity index (χ0n) is 9.71. The average Bonchev–Trinajstić information content (AvgIpc) is 2.33. The molecule has 0 aromatic heterocycles. The lowest BCUT2D eigenvalue weighted by Crippen LogP contribution is -2.07. The second kappa shape index (κ2) is 5.42. The number of hydrogen-bond acceptors (Lipinski definition) is 2. The SMILES string of the molecule is Oc1cccc(C(F)(F)F)c1Oc1ccc(Cl)cc1Cl. The Balaban J connectivity index is 2.48. The molecular formula is C13H7Cl2F3O2. The zero-order valence-corrected chi connectivity index (χ0v) is 11.2. The van der Waals surface area contributed by atoms with E-state index in [9.17, 15) is 18.3 Å². The molecule has 20 heavy (non-hydrogen) atoms. The highest BCUT2D eigenvalue weighted by atomic mass is 35.5. The van der Waals surface area contributed by atoms with E-state index in [-0.39, 0.29) is 10.8 Å². The lowest BCUT2D eigenvalue weighted by atomic mass is 10.2. The van der Waals surface area contributed by atoms with Crippen molar-refractivity contribution < 1.29 is 23.0 Å². The van der Waals surface area contributed by atoms with Crippen LogP contribution in [0, 0.1) is 0 Å². The van der Waals surface area contributed by atoms with Crippen molar-refractivity contribution in [1.82, 2.24) is 0 Å². The summed E-state index contributed by atoms with van der Waals surface area (Å²) < 4.78 is 43.6. The maximum Gasteiger partial charge on any atom is 0.420 e. The fourth-order valence-corrected chi connectivity index (χ4v) is 1.97. The lowest BCUT2D eigenvalue weighted by molar-refractivity contribution is -0.138. The number of phenolic OH excluding ortho intramolecular Hbond substituents is 1. The van der Waals surface area contributed by atoms with Crippen molar-refractivity contribution in [3.05, 3.63) is 52.0 Å². The summed E-state index contributed by atoms with van der Waals surface area (Å²) in [5.41, 5.74) is -1.09. The number of ether oxygens (including phenoxy) is 1. The second-order valence-corrected chi connectivity index (χ2v) is 4.67. The van der Waals surface area contributed by atoms with Crippen LogP contribution in [0.3, 0.4) is 0 Å². The van der Waals surface area contributed by atoms with Crippen molar-refractivity contribution in [2.24, 2.45) is 0 Å². The van der Waals surface area contributed by atoms with Crippen molar-refractivity contribution in [3.63, 3.8) is 0 Å². The third-order valence-corrected chi connectivity index (χ3v) is 2.94. The van der Waals surface area contributed by atoms with Gasteiger partial charge in [-0.2, -0.15) is 13.2 Å². The summed E-state index contributed by atoms with van der Waals surface area (Å²) in [7, 11) is 0. The van der Waals surface area contributed by atoms with Crippen LogP contribution in [-0.4, -0.2) is 5.11 Å². The van der Waals surface area contributed by atoms with E-state index < -0.39 is 23.2 Å². The maximum atomic E-state index is 12.9. The molecule has 0 bridgehead atoms. The van der Waals surface area contributed by atoms with Crippen LogP contribution in [0.1, 0.15) is 5.56 Å². The minimum Gasteiger partial charge on any atom is -0.504 e. The second-order valence-electron chi connectivity index (χ2n) is 3.83. The van der Waals surface area contributed by atoms with Gasteiger partial charge in [0, 0.05) is 5.02 Å². The molecule has 2 aromatic carbocycles. The summed E-state index contributed by atoms with van der Waals surface area (Å²) in [6, 6.07) is 7.03. The monoisotopic (exact) mass is 322 g/mol. The fourth-order valence-electron chi connectivity index (χ4n) is 1.52. The van der Waals surface area contributed by atoms with Gasteiger partial charge in [-0.25, -0.2) is 0 Å². The zero-order chi connectivity index (χ0) is 14.9. The summed E-state index contributed by atoms with van der Waals surface area (Å²) in [6.45, 7) is 0. The van der Waals surface area contributed by atoms with Gasteiger partial charge >= 0.3 is 6.18 Å². The average molecular weight is 323 g/mol. The first-order valence-electron chi connectivity index (χ1n) is 5.31. The number of rotatable bonds is 2. The first-order valence-corrected chi connectivity index (χ1v) is 6.06. The molecule has 0 unspecified atom stereocenters. The molecule has 106 valence electrons. The quantitative estimate of drug-likeness (QED) is 0.789. The smallest absolute Gasteiger partial charge is 0.420 e. The van der Waals surface area contributed by atoms with Crippen molar-refractivity contribution in [1.29, 1.82) is 0 Å². The molecule has 2 aromatic rings. The number of halogens is 5. The number of para-hydroxylation sites is 1. The molecule has 0 aliphatic heterocycles. The number of aromatic hydroxyl groups is 1. The van der Waals surface area contributed by atoms with Gasteiger partial charge in [0.25, 0.3) is 0 Å². The molecule has 0 saturated carbocycles. The van der Waals surface area contributed by atoms with Crippen molar-refractivity contribution >= 4 is 23.2 Å². The molecule has 0 heterocycles. The van der Waals surface area contributed by atoms with Gasteiger partial charge in [-0.05, 0) is 30.3 Å². The summed E-state index contributed by atoms with van der Waals surface area (Å²) in [5, 5.41) is 9.92. The fraction of sp³-hybridized carbons (Fsp3) is 0.0769. The molecule has 0 aliphatic carbocycles. The van der Waals surface area contributed by atoms with E-state index in [0.717, 1.165) is 18.2 Å². The number of benzene rings is 2. The van der Waals surface area contributed by atoms with E-state index in [1.165, 1.54) is 18.2 Å². The van der Waals surface area contributed by atoms with Crippen molar-refractivity contribution in [2.75, 3.05) is 0 Å². The Labute approximate surface area is 122 Å². The first-order chi connectivity index (χ1) is 9.29. The van der Waals surface area contributed by atoms with Crippen LogP contribution in [0.2, 0.25) is 10.0 Å². The molecule has 0 aliphatic rings. The van der Waals surface area contributed by atoms with Gasteiger partial charge in [0.2, 0.25) is 0 Å². The minimum absolute atomic E-state index is 0.0360. The van der Waals surface area contributed by atoms with Crippen LogP contribution in [0.15, 0.2) is 36.4 Å². The third-order valence-electron chi connectivity index (χ3n) is 2.41. The molecule has 2 nitrogen and oxygen atoms in total. The van der Waals surface area contributed by atoms with Crippen LogP contribution < -0.4 is 4.74 Å². The van der Waals surface area contributed by atoms with E-state index in [4.69, 9.17) is 27.9 Å². The Morgan fingerprint density at radius 3 is 2.35 bits per heavy atom. The predicted molar refractivity (Wildman–Crippen MR) is 69.6 cm³/mol. The molecule has 0 radical (unpaired) electrons. The molecule has 1 N–H and O–H groups in total. The Bertz CT molecular complexity index is 642. The summed E-state index contributed by atoms with van der Waals surface area (Å²) in [4.78, 5) is 0. The Morgan fingerprint density at radius 1 is 1.05 bits per heavy atom. The van der Waals surface area contributed by atoms with E-state index in [1.807, 2.05) is 0 Å². The highest BCUT2D eigenvalue weighted by Crippen LogP contribution is 2.44.